The lowest BCUT2D eigenvalue weighted by Gasteiger charge is -2.24. The zero-order valence-corrected chi connectivity index (χ0v) is 11.8. The first-order chi connectivity index (χ1) is 9.83. The summed E-state index contributed by atoms with van der Waals surface area (Å²) in [5, 5.41) is 0. The lowest BCUT2D eigenvalue weighted by Crippen LogP contribution is -2.34. The number of pyridine rings is 1. The van der Waals surface area contributed by atoms with Gasteiger partial charge in [0.1, 0.15) is 12.0 Å². The Balaban J connectivity index is 1.74. The largest absolute Gasteiger partial charge is 0.474 e. The van der Waals surface area contributed by atoms with E-state index in [1.54, 1.807) is 6.20 Å². The standard InChI is InChI=1S/C17H20N2O/c1-14(19-9-5-6-10-19)20-17-11-16(12-18-13-17)15-7-3-2-4-8-15/h2-4,7-8,11-14H,5-6,9-10H2,1H3/t14-/m0/s1. The number of hydrogen-bond donors (Lipinski definition) is 0. The Bertz CT molecular complexity index is 550. The van der Waals surface area contributed by atoms with Gasteiger partial charge in [-0.2, -0.15) is 0 Å². The highest BCUT2D eigenvalue weighted by Crippen LogP contribution is 2.23. The molecule has 0 bridgehead atoms. The van der Waals surface area contributed by atoms with E-state index in [0.717, 1.165) is 24.4 Å². The molecule has 3 rings (SSSR count). The number of rotatable bonds is 4. The monoisotopic (exact) mass is 268 g/mol. The number of aromatic nitrogens is 1. The highest BCUT2D eigenvalue weighted by molar-refractivity contribution is 5.63. The second-order valence-corrected chi connectivity index (χ2v) is 5.24. The molecule has 0 saturated carbocycles. The third-order valence-electron chi connectivity index (χ3n) is 3.78. The predicted octanol–water partition coefficient (Wildman–Crippen LogP) is 3.57. The maximum absolute atomic E-state index is 6.02. The average Bonchev–Trinajstić information content (AvgIpc) is 3.03. The molecule has 2 aromatic rings. The zero-order chi connectivity index (χ0) is 13.8. The first kappa shape index (κ1) is 13.1. The Morgan fingerprint density at radius 2 is 1.80 bits per heavy atom. The molecule has 0 aliphatic carbocycles. The summed E-state index contributed by atoms with van der Waals surface area (Å²) in [6.45, 7) is 4.38. The molecule has 0 unspecified atom stereocenters. The van der Waals surface area contributed by atoms with E-state index in [1.807, 2.05) is 24.4 Å². The highest BCUT2D eigenvalue weighted by atomic mass is 16.5. The van der Waals surface area contributed by atoms with E-state index in [-0.39, 0.29) is 6.23 Å². The minimum atomic E-state index is 0.116. The van der Waals surface area contributed by atoms with Crippen molar-refractivity contribution in [3.05, 3.63) is 48.8 Å². The van der Waals surface area contributed by atoms with Crippen LogP contribution in [0.1, 0.15) is 19.8 Å². The van der Waals surface area contributed by atoms with Crippen molar-refractivity contribution < 1.29 is 4.74 Å². The van der Waals surface area contributed by atoms with E-state index < -0.39 is 0 Å². The van der Waals surface area contributed by atoms with Crippen molar-refractivity contribution in [2.45, 2.75) is 26.0 Å². The zero-order valence-electron chi connectivity index (χ0n) is 11.8. The molecule has 0 N–H and O–H groups in total. The first-order valence-electron chi connectivity index (χ1n) is 7.24. The molecule has 3 heteroatoms. The van der Waals surface area contributed by atoms with Gasteiger partial charge in [-0.15, -0.1) is 0 Å². The summed E-state index contributed by atoms with van der Waals surface area (Å²) in [5.74, 6) is 0.839. The van der Waals surface area contributed by atoms with Gasteiger partial charge in [0.15, 0.2) is 0 Å². The van der Waals surface area contributed by atoms with Crippen molar-refractivity contribution in [2.75, 3.05) is 13.1 Å². The number of ether oxygens (including phenoxy) is 1. The molecular weight excluding hydrogens is 248 g/mol. The van der Waals surface area contributed by atoms with Gasteiger partial charge in [-0.3, -0.25) is 9.88 Å². The fourth-order valence-electron chi connectivity index (χ4n) is 2.65. The first-order valence-corrected chi connectivity index (χ1v) is 7.24. The number of likely N-dealkylation sites (tertiary alicyclic amines) is 1. The van der Waals surface area contributed by atoms with Crippen molar-refractivity contribution in [1.82, 2.24) is 9.88 Å². The van der Waals surface area contributed by atoms with E-state index in [4.69, 9.17) is 4.74 Å². The number of nitrogens with zero attached hydrogens (tertiary/aromatic N) is 2. The third-order valence-corrected chi connectivity index (χ3v) is 3.78. The van der Waals surface area contributed by atoms with Gasteiger partial charge in [0.05, 0.1) is 6.20 Å². The van der Waals surface area contributed by atoms with Gasteiger partial charge in [0.25, 0.3) is 0 Å². The summed E-state index contributed by atoms with van der Waals surface area (Å²) in [5.41, 5.74) is 2.26. The van der Waals surface area contributed by atoms with Gasteiger partial charge < -0.3 is 4.74 Å². The second kappa shape index (κ2) is 6.06. The topological polar surface area (TPSA) is 25.4 Å². The van der Waals surface area contributed by atoms with Crippen LogP contribution in [0.3, 0.4) is 0 Å². The average molecular weight is 268 g/mol. The normalized spacial score (nSPS) is 17.1. The van der Waals surface area contributed by atoms with E-state index in [1.165, 1.54) is 18.4 Å². The van der Waals surface area contributed by atoms with Gasteiger partial charge in [-0.1, -0.05) is 30.3 Å². The maximum Gasteiger partial charge on any atom is 0.149 e. The molecule has 20 heavy (non-hydrogen) atoms. The molecule has 1 fully saturated rings. The van der Waals surface area contributed by atoms with E-state index in [2.05, 4.69) is 35.0 Å². The Hall–Kier alpha value is -1.87. The van der Waals surface area contributed by atoms with Crippen LogP contribution in [0.5, 0.6) is 5.75 Å². The van der Waals surface area contributed by atoms with Crippen LogP contribution in [0, 0.1) is 0 Å². The predicted molar refractivity (Wildman–Crippen MR) is 80.6 cm³/mol. The molecule has 1 aromatic carbocycles. The van der Waals surface area contributed by atoms with E-state index in [0.29, 0.717) is 0 Å². The molecule has 0 spiro atoms. The summed E-state index contributed by atoms with van der Waals surface area (Å²) in [7, 11) is 0. The lowest BCUT2D eigenvalue weighted by molar-refractivity contribution is 0.0589. The Kier molecular flexibility index (Phi) is 3.97. The van der Waals surface area contributed by atoms with Crippen LogP contribution in [-0.2, 0) is 0 Å². The summed E-state index contributed by atoms with van der Waals surface area (Å²) in [6, 6.07) is 12.3. The molecule has 3 nitrogen and oxygen atoms in total. The maximum atomic E-state index is 6.02. The molecule has 0 amide bonds. The minimum absolute atomic E-state index is 0.116. The van der Waals surface area contributed by atoms with Crippen molar-refractivity contribution in [1.29, 1.82) is 0 Å². The Labute approximate surface area is 120 Å². The Morgan fingerprint density at radius 1 is 1.05 bits per heavy atom. The Morgan fingerprint density at radius 3 is 2.55 bits per heavy atom. The van der Waals surface area contributed by atoms with Gasteiger partial charge in [0.2, 0.25) is 0 Å². The van der Waals surface area contributed by atoms with Crippen LogP contribution in [0.25, 0.3) is 11.1 Å². The van der Waals surface area contributed by atoms with E-state index >= 15 is 0 Å². The lowest BCUT2D eigenvalue weighted by atomic mass is 10.1. The molecular formula is C17H20N2O. The van der Waals surface area contributed by atoms with Crippen LogP contribution in [0.4, 0.5) is 0 Å². The summed E-state index contributed by atoms with van der Waals surface area (Å²) in [4.78, 5) is 6.67. The fraction of sp³-hybridized carbons (Fsp3) is 0.353. The smallest absolute Gasteiger partial charge is 0.149 e. The van der Waals surface area contributed by atoms with Gasteiger partial charge >= 0.3 is 0 Å². The van der Waals surface area contributed by atoms with Gasteiger partial charge in [0, 0.05) is 24.8 Å². The van der Waals surface area contributed by atoms with Gasteiger partial charge in [-0.25, -0.2) is 0 Å². The molecule has 1 aromatic heterocycles. The summed E-state index contributed by atoms with van der Waals surface area (Å²) in [6.07, 6.45) is 6.33. The van der Waals surface area contributed by atoms with Crippen LogP contribution in [0.2, 0.25) is 0 Å². The van der Waals surface area contributed by atoms with Crippen LogP contribution < -0.4 is 4.74 Å². The highest BCUT2D eigenvalue weighted by Gasteiger charge is 2.19. The van der Waals surface area contributed by atoms with Crippen LogP contribution in [0.15, 0.2) is 48.8 Å². The third kappa shape index (κ3) is 2.99. The van der Waals surface area contributed by atoms with Crippen molar-refractivity contribution in [2.24, 2.45) is 0 Å². The quantitative estimate of drug-likeness (QED) is 0.847. The molecule has 1 aliphatic heterocycles. The number of benzene rings is 1. The molecule has 0 radical (unpaired) electrons. The summed E-state index contributed by atoms with van der Waals surface area (Å²) >= 11 is 0. The summed E-state index contributed by atoms with van der Waals surface area (Å²) < 4.78 is 6.02. The van der Waals surface area contributed by atoms with Crippen LogP contribution >= 0.6 is 0 Å². The van der Waals surface area contributed by atoms with Crippen LogP contribution in [-0.4, -0.2) is 29.2 Å². The molecule has 1 aliphatic rings. The van der Waals surface area contributed by atoms with E-state index in [9.17, 15) is 0 Å². The molecule has 2 heterocycles. The molecule has 1 atom stereocenters. The van der Waals surface area contributed by atoms with Gasteiger partial charge in [-0.05, 0) is 31.4 Å². The van der Waals surface area contributed by atoms with Crippen molar-refractivity contribution >= 4 is 0 Å². The SMILES string of the molecule is C[C@H](Oc1cncc(-c2ccccc2)c1)N1CCCC1. The fourth-order valence-corrected chi connectivity index (χ4v) is 2.65. The van der Waals surface area contributed by atoms with Crippen molar-refractivity contribution in [3.8, 4) is 16.9 Å². The van der Waals surface area contributed by atoms with Crippen molar-refractivity contribution in [3.63, 3.8) is 0 Å². The minimum Gasteiger partial charge on any atom is -0.474 e. The molecule has 104 valence electrons. The second-order valence-electron chi connectivity index (χ2n) is 5.24. The molecule has 1 saturated heterocycles. The number of hydrogen-bond acceptors (Lipinski definition) is 3.